The van der Waals surface area contributed by atoms with Crippen LogP contribution in [0.1, 0.15) is 31.4 Å². The summed E-state index contributed by atoms with van der Waals surface area (Å²) in [6.07, 6.45) is 0.743. The van der Waals surface area contributed by atoms with Gasteiger partial charge in [-0.1, -0.05) is 97.1 Å². The second kappa shape index (κ2) is 10.2. The molecule has 0 bridgehead atoms. The highest BCUT2D eigenvalue weighted by molar-refractivity contribution is 14.1. The van der Waals surface area contributed by atoms with Gasteiger partial charge in [0.25, 0.3) is 0 Å². The van der Waals surface area contributed by atoms with Crippen LogP contribution >= 0.6 is 22.6 Å². The first-order chi connectivity index (χ1) is 11.5. The Balaban J connectivity index is 2.04. The molecule has 3 heteroatoms. The molecule has 0 heterocycles. The lowest BCUT2D eigenvalue weighted by Crippen LogP contribution is -2.36. The number of halogens is 1. The molecule has 0 spiro atoms. The van der Waals surface area contributed by atoms with Gasteiger partial charge in [-0.05, 0) is 23.5 Å². The lowest BCUT2D eigenvalue weighted by molar-refractivity contribution is 0.101. The molecule has 0 saturated heterocycles. The summed E-state index contributed by atoms with van der Waals surface area (Å²) in [6, 6.07) is 21.0. The highest BCUT2D eigenvalue weighted by Crippen LogP contribution is 2.19. The number of rotatable bonds is 9. The van der Waals surface area contributed by atoms with Crippen LogP contribution < -0.4 is 0 Å². The summed E-state index contributed by atoms with van der Waals surface area (Å²) < 4.78 is 0.289. The Morgan fingerprint density at radius 2 is 1.33 bits per heavy atom. The molecule has 1 N–H and O–H groups in total. The summed E-state index contributed by atoms with van der Waals surface area (Å²) in [5.41, 5.74) is 2.57. The number of nitrogens with zero attached hydrogens (tertiary/aromatic N) is 1. The monoisotopic (exact) mass is 437 g/mol. The van der Waals surface area contributed by atoms with Crippen LogP contribution in [-0.2, 0) is 13.1 Å². The van der Waals surface area contributed by atoms with Gasteiger partial charge in [-0.3, -0.25) is 4.90 Å². The summed E-state index contributed by atoms with van der Waals surface area (Å²) in [5.74, 6) is 0.609. The van der Waals surface area contributed by atoms with Gasteiger partial charge in [0.05, 0.1) is 6.10 Å². The standard InChI is InChI=1S/C21H28INO/c1-17(2)13-20(22)21(24)16-23(14-18-9-5-3-6-10-18)15-19-11-7-4-8-12-19/h3-12,17,20-21,24H,13-16H2,1-2H3/t20-,21-/m1/s1. The Labute approximate surface area is 160 Å². The van der Waals surface area contributed by atoms with E-state index >= 15 is 0 Å². The van der Waals surface area contributed by atoms with Crippen molar-refractivity contribution in [1.82, 2.24) is 4.90 Å². The van der Waals surface area contributed by atoms with E-state index in [9.17, 15) is 5.11 Å². The zero-order valence-corrected chi connectivity index (χ0v) is 16.8. The zero-order valence-electron chi connectivity index (χ0n) is 14.6. The second-order valence-electron chi connectivity index (χ2n) is 6.85. The van der Waals surface area contributed by atoms with Gasteiger partial charge in [0, 0.05) is 23.6 Å². The van der Waals surface area contributed by atoms with Gasteiger partial charge in [-0.15, -0.1) is 0 Å². The van der Waals surface area contributed by atoms with E-state index in [0.29, 0.717) is 12.5 Å². The van der Waals surface area contributed by atoms with E-state index in [1.54, 1.807) is 0 Å². The maximum atomic E-state index is 10.6. The molecule has 0 aliphatic carbocycles. The van der Waals surface area contributed by atoms with Gasteiger partial charge in [0.1, 0.15) is 0 Å². The maximum absolute atomic E-state index is 10.6. The Morgan fingerprint density at radius 3 is 1.75 bits per heavy atom. The molecule has 2 nitrogen and oxygen atoms in total. The molecule has 0 fully saturated rings. The molecule has 0 radical (unpaired) electrons. The molecule has 2 aromatic rings. The number of hydrogen-bond donors (Lipinski definition) is 1. The van der Waals surface area contributed by atoms with Crippen molar-refractivity contribution in [2.45, 2.75) is 43.4 Å². The quantitative estimate of drug-likeness (QED) is 0.446. The third-order valence-electron chi connectivity index (χ3n) is 4.06. The molecule has 0 aliphatic heterocycles. The number of aliphatic hydroxyl groups excluding tert-OH is 1. The van der Waals surface area contributed by atoms with Crippen molar-refractivity contribution < 1.29 is 5.11 Å². The summed E-state index contributed by atoms with van der Waals surface area (Å²) in [6.45, 7) is 6.84. The van der Waals surface area contributed by atoms with E-state index in [-0.39, 0.29) is 10.0 Å². The van der Waals surface area contributed by atoms with Crippen molar-refractivity contribution in [2.75, 3.05) is 6.54 Å². The first kappa shape index (κ1) is 19.4. The van der Waals surface area contributed by atoms with Gasteiger partial charge >= 0.3 is 0 Å². The van der Waals surface area contributed by atoms with Crippen LogP contribution in [0, 0.1) is 5.92 Å². The molecule has 0 amide bonds. The predicted octanol–water partition coefficient (Wildman–Crippen LogP) is 4.90. The van der Waals surface area contributed by atoms with E-state index in [1.165, 1.54) is 11.1 Å². The van der Waals surface area contributed by atoms with Gasteiger partial charge < -0.3 is 5.11 Å². The molecule has 130 valence electrons. The Bertz CT molecular complexity index is 531. The molecule has 24 heavy (non-hydrogen) atoms. The van der Waals surface area contributed by atoms with Crippen molar-refractivity contribution in [3.05, 3.63) is 71.8 Å². The van der Waals surface area contributed by atoms with E-state index in [1.807, 2.05) is 12.1 Å². The minimum Gasteiger partial charge on any atom is -0.391 e. The lowest BCUT2D eigenvalue weighted by Gasteiger charge is -2.28. The third-order valence-corrected chi connectivity index (χ3v) is 5.40. The fraction of sp³-hybridized carbons (Fsp3) is 0.429. The molecule has 0 unspecified atom stereocenters. The summed E-state index contributed by atoms with van der Waals surface area (Å²) in [4.78, 5) is 2.35. The molecular formula is C21H28INO. The van der Waals surface area contributed by atoms with Crippen molar-refractivity contribution in [1.29, 1.82) is 0 Å². The first-order valence-corrected chi connectivity index (χ1v) is 9.91. The molecule has 0 saturated carbocycles. The van der Waals surface area contributed by atoms with Gasteiger partial charge in [0.15, 0.2) is 0 Å². The summed E-state index contributed by atoms with van der Waals surface area (Å²) in [7, 11) is 0. The van der Waals surface area contributed by atoms with Crippen LogP contribution in [0.3, 0.4) is 0 Å². The van der Waals surface area contributed by atoms with E-state index in [0.717, 1.165) is 19.5 Å². The van der Waals surface area contributed by atoms with E-state index < -0.39 is 0 Å². The van der Waals surface area contributed by atoms with Gasteiger partial charge in [-0.25, -0.2) is 0 Å². The van der Waals surface area contributed by atoms with E-state index in [4.69, 9.17) is 0 Å². The van der Waals surface area contributed by atoms with Crippen LogP contribution in [0.15, 0.2) is 60.7 Å². The Hall–Kier alpha value is -0.910. The van der Waals surface area contributed by atoms with Gasteiger partial charge in [-0.2, -0.15) is 0 Å². The van der Waals surface area contributed by atoms with Crippen molar-refractivity contribution in [3.8, 4) is 0 Å². The molecule has 2 atom stereocenters. The molecule has 2 aromatic carbocycles. The van der Waals surface area contributed by atoms with E-state index in [2.05, 4.69) is 89.9 Å². The predicted molar refractivity (Wildman–Crippen MR) is 110 cm³/mol. The highest BCUT2D eigenvalue weighted by atomic mass is 127. The summed E-state index contributed by atoms with van der Waals surface area (Å²) in [5, 5.41) is 10.6. The molecule has 0 aliphatic rings. The maximum Gasteiger partial charge on any atom is 0.0784 e. The van der Waals surface area contributed by atoms with Gasteiger partial charge in [0.2, 0.25) is 0 Å². The lowest BCUT2D eigenvalue weighted by atomic mass is 10.0. The normalized spacial score (nSPS) is 14.1. The van der Waals surface area contributed by atoms with Crippen LogP contribution in [-0.4, -0.2) is 26.6 Å². The van der Waals surface area contributed by atoms with Crippen LogP contribution in [0.4, 0.5) is 0 Å². The SMILES string of the molecule is CC(C)C[C@@H](I)[C@H](O)CN(Cc1ccccc1)Cc1ccccc1. The van der Waals surface area contributed by atoms with Crippen molar-refractivity contribution in [3.63, 3.8) is 0 Å². The average Bonchev–Trinajstić information content (AvgIpc) is 2.56. The zero-order chi connectivity index (χ0) is 17.4. The number of benzene rings is 2. The number of hydrogen-bond acceptors (Lipinski definition) is 2. The Morgan fingerprint density at radius 1 is 0.875 bits per heavy atom. The first-order valence-electron chi connectivity index (χ1n) is 8.67. The minimum absolute atomic E-state index is 0.289. The third kappa shape index (κ3) is 6.91. The molecule has 0 aromatic heterocycles. The minimum atomic E-state index is -0.305. The fourth-order valence-corrected chi connectivity index (χ4v) is 4.10. The Kier molecular flexibility index (Phi) is 8.22. The van der Waals surface area contributed by atoms with Crippen LogP contribution in [0.2, 0.25) is 0 Å². The van der Waals surface area contributed by atoms with Crippen LogP contribution in [0.5, 0.6) is 0 Å². The van der Waals surface area contributed by atoms with Crippen molar-refractivity contribution >= 4 is 22.6 Å². The number of aliphatic hydroxyl groups is 1. The topological polar surface area (TPSA) is 23.5 Å². The molecule has 2 rings (SSSR count). The van der Waals surface area contributed by atoms with Crippen molar-refractivity contribution in [2.24, 2.45) is 5.92 Å². The fourth-order valence-electron chi connectivity index (χ4n) is 2.85. The average molecular weight is 437 g/mol. The smallest absolute Gasteiger partial charge is 0.0784 e. The molecular weight excluding hydrogens is 409 g/mol. The number of alkyl halides is 1. The summed E-state index contributed by atoms with van der Waals surface area (Å²) >= 11 is 2.40. The second-order valence-corrected chi connectivity index (χ2v) is 8.45. The van der Waals surface area contributed by atoms with Crippen LogP contribution in [0.25, 0.3) is 0 Å². The largest absolute Gasteiger partial charge is 0.391 e. The highest BCUT2D eigenvalue weighted by Gasteiger charge is 2.20.